The topological polar surface area (TPSA) is 168 Å². The summed E-state index contributed by atoms with van der Waals surface area (Å²) < 4.78 is 26.2. The van der Waals surface area contributed by atoms with Crippen LogP contribution in [0.15, 0.2) is 66.7 Å². The van der Waals surface area contributed by atoms with Crippen molar-refractivity contribution in [2.45, 2.75) is 12.6 Å². The summed E-state index contributed by atoms with van der Waals surface area (Å²) in [7, 11) is 5.78. The summed E-state index contributed by atoms with van der Waals surface area (Å²) in [6.07, 6.45) is 0. The molecule has 13 heteroatoms. The third-order valence-electron chi connectivity index (χ3n) is 6.54. The molecule has 0 bridgehead atoms. The number of nitrogen functional groups attached to an aromatic ring is 1. The average molecular weight is 606 g/mol. The summed E-state index contributed by atoms with van der Waals surface area (Å²) in [5, 5.41) is 2.93. The van der Waals surface area contributed by atoms with Crippen LogP contribution in [0.5, 0.6) is 23.0 Å². The molecule has 3 amide bonds. The number of benzene rings is 3. The number of primary amides is 1. The van der Waals surface area contributed by atoms with Crippen molar-refractivity contribution in [3.05, 3.63) is 88.4 Å². The zero-order valence-corrected chi connectivity index (χ0v) is 24.8. The van der Waals surface area contributed by atoms with E-state index in [0.29, 0.717) is 28.6 Å². The van der Waals surface area contributed by atoms with Crippen LogP contribution in [0.2, 0.25) is 0 Å². The summed E-state index contributed by atoms with van der Waals surface area (Å²) in [6, 6.07) is 17.8. The van der Waals surface area contributed by atoms with Crippen molar-refractivity contribution < 1.29 is 33.3 Å². The van der Waals surface area contributed by atoms with Gasteiger partial charge in [0.25, 0.3) is 11.8 Å². The van der Waals surface area contributed by atoms with Gasteiger partial charge in [-0.3, -0.25) is 19.3 Å². The van der Waals surface area contributed by atoms with Crippen LogP contribution >= 0.6 is 11.5 Å². The second kappa shape index (κ2) is 13.6. The zero-order valence-electron chi connectivity index (χ0n) is 24.0. The maximum atomic E-state index is 14.4. The molecule has 43 heavy (non-hydrogen) atoms. The SMILES string of the molecule is COc1ccccc1N(C(=O)c1snc(C(N)=O)c1N)C(C(=O)NCc1ccccc1)c1cc(OC)c(OC)c(OC)c1. The molecule has 1 aromatic heterocycles. The highest BCUT2D eigenvalue weighted by Gasteiger charge is 2.38. The lowest BCUT2D eigenvalue weighted by molar-refractivity contribution is -0.122. The number of methoxy groups -OCH3 is 4. The Balaban J connectivity index is 1.97. The van der Waals surface area contributed by atoms with Crippen molar-refractivity contribution in [1.29, 1.82) is 0 Å². The van der Waals surface area contributed by atoms with Crippen LogP contribution in [0.25, 0.3) is 0 Å². The number of carbonyl (C=O) groups excluding carboxylic acids is 3. The molecule has 1 unspecified atom stereocenters. The van der Waals surface area contributed by atoms with Crippen molar-refractivity contribution in [2.75, 3.05) is 39.1 Å². The number of hydrogen-bond acceptors (Lipinski definition) is 10. The molecule has 0 aliphatic heterocycles. The standard InChI is InChI=1S/C30H31N5O7S/c1-39-20-13-9-8-12-19(20)35(30(38)27-23(31)24(28(32)36)34-43-27)25(29(37)33-16-17-10-6-5-7-11-17)18-14-21(40-2)26(42-4)22(15-18)41-3/h5-15,25H,16,31H2,1-4H3,(H2,32,36)(H,33,37). The molecule has 0 saturated carbocycles. The van der Waals surface area contributed by atoms with E-state index < -0.39 is 23.8 Å². The number of nitrogens with one attached hydrogen (secondary N) is 1. The van der Waals surface area contributed by atoms with Crippen LogP contribution in [0.3, 0.4) is 0 Å². The Labute approximate surface area is 252 Å². The fourth-order valence-electron chi connectivity index (χ4n) is 4.49. The fraction of sp³-hybridized carbons (Fsp3) is 0.200. The summed E-state index contributed by atoms with van der Waals surface area (Å²) >= 11 is 0.696. The van der Waals surface area contributed by atoms with Gasteiger partial charge in [-0.1, -0.05) is 42.5 Å². The van der Waals surface area contributed by atoms with Gasteiger partial charge in [-0.25, -0.2) is 0 Å². The molecule has 0 radical (unpaired) electrons. The number of anilines is 2. The largest absolute Gasteiger partial charge is 0.495 e. The van der Waals surface area contributed by atoms with Gasteiger partial charge in [-0.2, -0.15) is 4.37 Å². The first kappa shape index (κ1) is 30.7. The molecule has 0 spiro atoms. The van der Waals surface area contributed by atoms with E-state index in [1.54, 1.807) is 36.4 Å². The van der Waals surface area contributed by atoms with Crippen molar-refractivity contribution in [3.8, 4) is 23.0 Å². The minimum atomic E-state index is -1.33. The minimum absolute atomic E-state index is 0.0898. The van der Waals surface area contributed by atoms with E-state index in [4.69, 9.17) is 30.4 Å². The summed E-state index contributed by atoms with van der Waals surface area (Å²) in [6.45, 7) is 0.170. The highest BCUT2D eigenvalue weighted by Crippen LogP contribution is 2.43. The van der Waals surface area contributed by atoms with Crippen LogP contribution in [0, 0.1) is 0 Å². The van der Waals surface area contributed by atoms with Gasteiger partial charge in [0.15, 0.2) is 17.2 Å². The van der Waals surface area contributed by atoms with Gasteiger partial charge in [-0.15, -0.1) is 0 Å². The van der Waals surface area contributed by atoms with Gasteiger partial charge in [0.1, 0.15) is 16.7 Å². The van der Waals surface area contributed by atoms with Gasteiger partial charge in [0, 0.05) is 6.54 Å². The summed E-state index contributed by atoms with van der Waals surface area (Å²) in [5.74, 6) is -1.04. The Morgan fingerprint density at radius 2 is 1.49 bits per heavy atom. The third kappa shape index (κ3) is 6.31. The van der Waals surface area contributed by atoms with Gasteiger partial charge < -0.3 is 35.7 Å². The Hall–Kier alpha value is -5.30. The molecule has 4 rings (SSSR count). The average Bonchev–Trinajstić information content (AvgIpc) is 3.43. The number of aromatic nitrogens is 1. The summed E-state index contributed by atoms with van der Waals surface area (Å²) in [4.78, 5) is 41.7. The molecule has 3 aromatic carbocycles. The molecule has 1 heterocycles. The van der Waals surface area contributed by atoms with Crippen molar-refractivity contribution in [1.82, 2.24) is 9.69 Å². The van der Waals surface area contributed by atoms with Gasteiger partial charge in [0.2, 0.25) is 11.7 Å². The highest BCUT2D eigenvalue weighted by atomic mass is 32.1. The fourth-order valence-corrected chi connectivity index (χ4v) is 5.23. The van der Waals surface area contributed by atoms with Crippen LogP contribution in [-0.2, 0) is 11.3 Å². The van der Waals surface area contributed by atoms with Crippen LogP contribution in [-0.4, -0.2) is 50.5 Å². The van der Waals surface area contributed by atoms with E-state index >= 15 is 0 Å². The molecule has 0 aliphatic rings. The molecular formula is C30H31N5O7S. The number of nitrogens with two attached hydrogens (primary N) is 2. The maximum Gasteiger partial charge on any atom is 0.273 e. The maximum absolute atomic E-state index is 14.4. The molecule has 4 aromatic rings. The molecule has 0 fully saturated rings. The molecular weight excluding hydrogens is 574 g/mol. The van der Waals surface area contributed by atoms with Crippen molar-refractivity contribution in [3.63, 3.8) is 0 Å². The normalized spacial score (nSPS) is 11.3. The Kier molecular flexibility index (Phi) is 9.68. The number of ether oxygens (including phenoxy) is 4. The van der Waals surface area contributed by atoms with Gasteiger partial charge in [0.05, 0.1) is 39.8 Å². The zero-order chi connectivity index (χ0) is 31.1. The molecule has 224 valence electrons. The van der Waals surface area contributed by atoms with E-state index in [1.165, 1.54) is 33.3 Å². The second-order valence-electron chi connectivity index (χ2n) is 9.05. The Morgan fingerprint density at radius 1 is 0.884 bits per heavy atom. The smallest absolute Gasteiger partial charge is 0.273 e. The first-order chi connectivity index (χ1) is 20.7. The molecule has 12 nitrogen and oxygen atoms in total. The Bertz CT molecular complexity index is 1600. The van der Waals surface area contributed by atoms with Crippen molar-refractivity contribution in [2.24, 2.45) is 5.73 Å². The second-order valence-corrected chi connectivity index (χ2v) is 9.82. The highest BCUT2D eigenvalue weighted by molar-refractivity contribution is 7.09. The van der Waals surface area contributed by atoms with Gasteiger partial charge in [-0.05, 0) is 46.9 Å². The number of rotatable bonds is 12. The van der Waals surface area contributed by atoms with E-state index in [-0.39, 0.29) is 40.0 Å². The van der Waals surface area contributed by atoms with Crippen molar-refractivity contribution >= 4 is 40.6 Å². The predicted molar refractivity (Wildman–Crippen MR) is 162 cm³/mol. The minimum Gasteiger partial charge on any atom is -0.495 e. The first-order valence-corrected chi connectivity index (χ1v) is 13.7. The predicted octanol–water partition coefficient (Wildman–Crippen LogP) is 3.56. The summed E-state index contributed by atoms with van der Waals surface area (Å²) in [5.41, 5.74) is 12.6. The number of para-hydroxylation sites is 2. The number of nitrogens with zero attached hydrogens (tertiary/aromatic N) is 2. The number of amides is 3. The number of hydrogen-bond donors (Lipinski definition) is 3. The Morgan fingerprint density at radius 3 is 2.05 bits per heavy atom. The van der Waals surface area contributed by atoms with E-state index in [1.807, 2.05) is 30.3 Å². The number of carbonyl (C=O) groups is 3. The van der Waals surface area contributed by atoms with E-state index in [2.05, 4.69) is 9.69 Å². The van der Waals surface area contributed by atoms with Crippen LogP contribution < -0.4 is 40.6 Å². The van der Waals surface area contributed by atoms with Crippen LogP contribution in [0.4, 0.5) is 11.4 Å². The first-order valence-electron chi connectivity index (χ1n) is 12.9. The lowest BCUT2D eigenvalue weighted by Gasteiger charge is -2.32. The molecule has 0 saturated heterocycles. The molecule has 5 N–H and O–H groups in total. The quantitative estimate of drug-likeness (QED) is 0.219. The van der Waals surface area contributed by atoms with Crippen LogP contribution in [0.1, 0.15) is 37.3 Å². The lowest BCUT2D eigenvalue weighted by atomic mass is 10.0. The van der Waals surface area contributed by atoms with Gasteiger partial charge >= 0.3 is 0 Å². The molecule has 1 atom stereocenters. The third-order valence-corrected chi connectivity index (χ3v) is 7.39. The monoisotopic (exact) mass is 605 g/mol. The molecule has 0 aliphatic carbocycles. The lowest BCUT2D eigenvalue weighted by Crippen LogP contribution is -2.44. The van der Waals surface area contributed by atoms with E-state index in [0.717, 1.165) is 5.56 Å². The van der Waals surface area contributed by atoms with E-state index in [9.17, 15) is 14.4 Å².